The third-order valence-electron chi connectivity index (χ3n) is 6.18. The molecule has 0 spiro atoms. The summed E-state index contributed by atoms with van der Waals surface area (Å²) >= 11 is 1.96. The van der Waals surface area contributed by atoms with Gasteiger partial charge in [-0.25, -0.2) is 0 Å². The van der Waals surface area contributed by atoms with Crippen LogP contribution < -0.4 is 4.74 Å². The molecular formula is C28H24O2S. The summed E-state index contributed by atoms with van der Waals surface area (Å²) in [5, 5.41) is 3.15. The summed E-state index contributed by atoms with van der Waals surface area (Å²) in [4.78, 5) is 0. The molecule has 4 aromatic carbocycles. The third kappa shape index (κ3) is 3.84. The third-order valence-corrected chi connectivity index (χ3v) is 7.12. The highest BCUT2D eigenvalue weighted by atomic mass is 32.2. The molecule has 1 atom stereocenters. The predicted octanol–water partition coefficient (Wildman–Crippen LogP) is 6.59. The number of hydrogen-bond donors (Lipinski definition) is 0. The van der Waals surface area contributed by atoms with Crippen LogP contribution in [-0.2, 0) is 11.2 Å². The zero-order valence-corrected chi connectivity index (χ0v) is 18.2. The Morgan fingerprint density at radius 1 is 0.774 bits per heavy atom. The fraction of sp³-hybridized carbons (Fsp3) is 0.214. The van der Waals surface area contributed by atoms with Crippen LogP contribution in [0, 0.1) is 0 Å². The number of fused-ring (bicyclic) bond motifs is 4. The van der Waals surface area contributed by atoms with Crippen LogP contribution in [0.2, 0.25) is 0 Å². The molecule has 31 heavy (non-hydrogen) atoms. The second-order valence-corrected chi connectivity index (χ2v) is 9.60. The summed E-state index contributed by atoms with van der Waals surface area (Å²) in [5.74, 6) is 2.15. The molecule has 0 saturated carbocycles. The smallest absolute Gasteiger partial charge is 0.120 e. The van der Waals surface area contributed by atoms with Crippen LogP contribution in [0.4, 0.5) is 0 Å². The average Bonchev–Trinajstić information content (AvgIpc) is 3.56. The highest BCUT2D eigenvalue weighted by Crippen LogP contribution is 2.42. The monoisotopic (exact) mass is 424 g/mol. The van der Waals surface area contributed by atoms with Crippen molar-refractivity contribution < 1.29 is 9.47 Å². The van der Waals surface area contributed by atoms with Gasteiger partial charge in [0.25, 0.3) is 0 Å². The summed E-state index contributed by atoms with van der Waals surface area (Å²) in [5.41, 5.74) is 8.22. The van der Waals surface area contributed by atoms with Crippen molar-refractivity contribution in [2.45, 2.75) is 11.7 Å². The highest BCUT2D eigenvalue weighted by Gasteiger charge is 2.22. The van der Waals surface area contributed by atoms with E-state index in [0.29, 0.717) is 13.2 Å². The molecule has 0 radical (unpaired) electrons. The average molecular weight is 425 g/mol. The SMILES string of the molecule is c1ccc2c(c1)Cc1c(-c3ccc4cc(OCCOCC5CS5)ccc4c3)cccc1-2. The van der Waals surface area contributed by atoms with Crippen molar-refractivity contribution in [3.05, 3.63) is 90.0 Å². The molecule has 6 rings (SSSR count). The molecule has 1 aliphatic carbocycles. The van der Waals surface area contributed by atoms with Crippen LogP contribution in [-0.4, -0.2) is 30.8 Å². The minimum Gasteiger partial charge on any atom is -0.491 e. The number of thioether (sulfide) groups is 1. The molecule has 2 nitrogen and oxygen atoms in total. The second kappa shape index (κ2) is 8.07. The van der Waals surface area contributed by atoms with E-state index in [0.717, 1.165) is 24.0 Å². The van der Waals surface area contributed by atoms with Crippen LogP contribution in [0.1, 0.15) is 11.1 Å². The van der Waals surface area contributed by atoms with Gasteiger partial charge >= 0.3 is 0 Å². The van der Waals surface area contributed by atoms with Crippen molar-refractivity contribution in [3.8, 4) is 28.0 Å². The van der Waals surface area contributed by atoms with E-state index in [2.05, 4.69) is 78.9 Å². The summed E-state index contributed by atoms with van der Waals surface area (Å²) in [7, 11) is 0. The van der Waals surface area contributed by atoms with Crippen LogP contribution >= 0.6 is 11.8 Å². The fourth-order valence-electron chi connectivity index (χ4n) is 4.51. The molecule has 0 N–H and O–H groups in total. The van der Waals surface area contributed by atoms with Crippen molar-refractivity contribution in [3.63, 3.8) is 0 Å². The molecule has 1 aliphatic heterocycles. The largest absolute Gasteiger partial charge is 0.491 e. The van der Waals surface area contributed by atoms with Gasteiger partial charge in [0.1, 0.15) is 12.4 Å². The zero-order chi connectivity index (χ0) is 20.6. The Balaban J connectivity index is 1.22. The lowest BCUT2D eigenvalue weighted by Gasteiger charge is -2.11. The molecule has 0 amide bonds. The standard InChI is InChI=1S/C28H24O2S/c1-2-5-25-21(4-1)16-28-26(6-3-7-27(25)28)22-9-8-20-15-23(11-10-19(20)14-22)30-13-12-29-17-24-18-31-24/h1-11,14-15,24H,12-13,16-18H2. The lowest BCUT2D eigenvalue weighted by molar-refractivity contribution is 0.106. The predicted molar refractivity (Wildman–Crippen MR) is 130 cm³/mol. The molecule has 4 aromatic rings. The van der Waals surface area contributed by atoms with Crippen LogP contribution in [0.25, 0.3) is 33.0 Å². The van der Waals surface area contributed by atoms with Crippen molar-refractivity contribution in [2.24, 2.45) is 0 Å². The Labute approximate surface area is 187 Å². The molecule has 154 valence electrons. The maximum atomic E-state index is 5.90. The maximum absolute atomic E-state index is 5.90. The summed E-state index contributed by atoms with van der Waals surface area (Å²) in [6, 6.07) is 28.5. The first-order chi connectivity index (χ1) is 15.3. The number of hydrogen-bond acceptors (Lipinski definition) is 3. The lowest BCUT2D eigenvalue weighted by atomic mass is 9.94. The van der Waals surface area contributed by atoms with Gasteiger partial charge in [-0.2, -0.15) is 11.8 Å². The fourth-order valence-corrected chi connectivity index (χ4v) is 4.93. The molecule has 2 aliphatic rings. The van der Waals surface area contributed by atoms with Crippen LogP contribution in [0.15, 0.2) is 78.9 Å². The van der Waals surface area contributed by atoms with Gasteiger partial charge in [-0.3, -0.25) is 0 Å². The van der Waals surface area contributed by atoms with Gasteiger partial charge in [-0.05, 0) is 68.8 Å². The second-order valence-electron chi connectivity index (χ2n) is 8.27. The molecule has 0 aromatic heterocycles. The normalized spacial score (nSPS) is 16.2. The van der Waals surface area contributed by atoms with Gasteiger partial charge in [0.15, 0.2) is 0 Å². The zero-order valence-electron chi connectivity index (χ0n) is 17.3. The Morgan fingerprint density at radius 3 is 2.52 bits per heavy atom. The van der Waals surface area contributed by atoms with Crippen molar-refractivity contribution in [1.82, 2.24) is 0 Å². The summed E-state index contributed by atoms with van der Waals surface area (Å²) < 4.78 is 11.5. The lowest BCUT2D eigenvalue weighted by Crippen LogP contribution is -2.09. The van der Waals surface area contributed by atoms with E-state index in [4.69, 9.17) is 9.47 Å². The Bertz CT molecular complexity index is 1260. The first-order valence-electron chi connectivity index (χ1n) is 10.9. The Morgan fingerprint density at radius 2 is 1.58 bits per heavy atom. The summed E-state index contributed by atoms with van der Waals surface area (Å²) in [6.45, 7) is 2.09. The molecular weight excluding hydrogens is 400 g/mol. The molecule has 0 bridgehead atoms. The molecule has 1 unspecified atom stereocenters. The quantitative estimate of drug-likeness (QED) is 0.217. The van der Waals surface area contributed by atoms with Gasteiger partial charge in [-0.15, -0.1) is 0 Å². The van der Waals surface area contributed by atoms with E-state index in [1.807, 2.05) is 11.8 Å². The topological polar surface area (TPSA) is 18.5 Å². The highest BCUT2D eigenvalue weighted by molar-refractivity contribution is 8.06. The number of rotatable bonds is 7. The van der Waals surface area contributed by atoms with E-state index >= 15 is 0 Å². The first kappa shape index (κ1) is 19.0. The van der Waals surface area contributed by atoms with Crippen LogP contribution in [0.5, 0.6) is 5.75 Å². The Hall–Kier alpha value is -2.75. The maximum Gasteiger partial charge on any atom is 0.120 e. The number of ether oxygens (including phenoxy) is 2. The van der Waals surface area contributed by atoms with Crippen molar-refractivity contribution >= 4 is 22.5 Å². The Kier molecular flexibility index (Phi) is 4.94. The van der Waals surface area contributed by atoms with Crippen molar-refractivity contribution in [2.75, 3.05) is 25.6 Å². The molecule has 1 fully saturated rings. The van der Waals surface area contributed by atoms with E-state index in [-0.39, 0.29) is 0 Å². The van der Waals surface area contributed by atoms with Gasteiger partial charge in [0.05, 0.1) is 13.2 Å². The van der Waals surface area contributed by atoms with Gasteiger partial charge in [0.2, 0.25) is 0 Å². The van der Waals surface area contributed by atoms with Crippen molar-refractivity contribution in [1.29, 1.82) is 0 Å². The van der Waals surface area contributed by atoms with E-state index in [9.17, 15) is 0 Å². The summed E-state index contributed by atoms with van der Waals surface area (Å²) in [6.07, 6.45) is 1.01. The molecule has 1 saturated heterocycles. The molecule has 1 heterocycles. The van der Waals surface area contributed by atoms with E-state index in [1.165, 1.54) is 49.9 Å². The first-order valence-corrected chi connectivity index (χ1v) is 12.0. The minimum atomic E-state index is 0.595. The number of benzene rings is 4. The van der Waals surface area contributed by atoms with Gasteiger partial charge in [-0.1, -0.05) is 60.7 Å². The molecule has 3 heteroatoms. The van der Waals surface area contributed by atoms with Crippen LogP contribution in [0.3, 0.4) is 0 Å². The minimum absolute atomic E-state index is 0.595. The van der Waals surface area contributed by atoms with Gasteiger partial charge < -0.3 is 9.47 Å². The van der Waals surface area contributed by atoms with E-state index in [1.54, 1.807) is 0 Å². The van der Waals surface area contributed by atoms with Gasteiger partial charge in [0, 0.05) is 11.0 Å². The van der Waals surface area contributed by atoms with E-state index < -0.39 is 0 Å².